The predicted octanol–water partition coefficient (Wildman–Crippen LogP) is 7.45. The first-order chi connectivity index (χ1) is 15.3. The smallest absolute Gasteiger partial charge is 0.339 e. The number of hydrogen-bond donors (Lipinski definition) is 1. The zero-order chi connectivity index (χ0) is 23.0. The van der Waals surface area contributed by atoms with Crippen LogP contribution in [0.25, 0.3) is 21.9 Å². The zero-order valence-electron chi connectivity index (χ0n) is 19.8. The summed E-state index contributed by atoms with van der Waals surface area (Å²) in [6.45, 7) is 10.6. The second-order valence-corrected chi connectivity index (χ2v) is 9.96. The van der Waals surface area contributed by atoms with E-state index in [0.717, 1.165) is 40.3 Å². The summed E-state index contributed by atoms with van der Waals surface area (Å²) in [7, 11) is 0. The summed E-state index contributed by atoms with van der Waals surface area (Å²) in [4.78, 5) is 13.6. The van der Waals surface area contributed by atoms with E-state index < -0.39 is 0 Å². The van der Waals surface area contributed by atoms with Crippen molar-refractivity contribution in [2.75, 3.05) is 0 Å². The Labute approximate surface area is 191 Å². The molecule has 3 heteroatoms. The van der Waals surface area contributed by atoms with Gasteiger partial charge in [0.2, 0.25) is 0 Å². The fourth-order valence-corrected chi connectivity index (χ4v) is 5.43. The van der Waals surface area contributed by atoms with Gasteiger partial charge in [0.1, 0.15) is 11.9 Å². The number of carbonyl (C=O) groups excluding carboxylic acids is 1. The fraction of sp³-hybridized carbons (Fsp3) is 0.414. The fourth-order valence-electron chi connectivity index (χ4n) is 5.43. The monoisotopic (exact) mass is 430 g/mol. The van der Waals surface area contributed by atoms with Crippen molar-refractivity contribution in [2.45, 2.75) is 60.0 Å². The molecule has 3 atom stereocenters. The minimum atomic E-state index is -0.296. The number of fused-ring (bicyclic) bond motifs is 1. The predicted molar refractivity (Wildman–Crippen MR) is 131 cm³/mol. The summed E-state index contributed by atoms with van der Waals surface area (Å²) < 4.78 is 6.22. The van der Waals surface area contributed by atoms with Crippen molar-refractivity contribution in [3.63, 3.8) is 0 Å². The number of ether oxygens (including phenoxy) is 1. The van der Waals surface area contributed by atoms with Gasteiger partial charge in [-0.1, -0.05) is 63.6 Å². The van der Waals surface area contributed by atoms with Crippen LogP contribution >= 0.6 is 0 Å². The van der Waals surface area contributed by atoms with Crippen LogP contribution in [0.3, 0.4) is 0 Å². The molecule has 3 nitrogen and oxygen atoms in total. The molecule has 0 bridgehead atoms. The molecule has 4 rings (SSSR count). The molecule has 0 saturated heterocycles. The van der Waals surface area contributed by atoms with Crippen LogP contribution in [0.1, 0.15) is 61.5 Å². The molecule has 1 N–H and O–H groups in total. The van der Waals surface area contributed by atoms with E-state index in [9.17, 15) is 9.90 Å². The van der Waals surface area contributed by atoms with Gasteiger partial charge in [0, 0.05) is 11.1 Å². The number of rotatable bonds is 4. The number of benzene rings is 3. The van der Waals surface area contributed by atoms with Gasteiger partial charge in [-0.15, -0.1) is 0 Å². The number of phenols is 1. The Kier molecular flexibility index (Phi) is 6.28. The molecular weight excluding hydrogens is 396 g/mol. The van der Waals surface area contributed by atoms with E-state index in [1.165, 1.54) is 6.42 Å². The van der Waals surface area contributed by atoms with Crippen LogP contribution in [0.15, 0.2) is 48.5 Å². The summed E-state index contributed by atoms with van der Waals surface area (Å²) in [5.41, 5.74) is 3.92. The second kappa shape index (κ2) is 8.97. The average molecular weight is 431 g/mol. The lowest BCUT2D eigenvalue weighted by molar-refractivity contribution is -0.0173. The molecule has 1 saturated carbocycles. The van der Waals surface area contributed by atoms with Gasteiger partial charge >= 0.3 is 5.97 Å². The van der Waals surface area contributed by atoms with Crippen LogP contribution in [-0.4, -0.2) is 17.2 Å². The molecule has 0 amide bonds. The van der Waals surface area contributed by atoms with Crippen molar-refractivity contribution in [3.8, 4) is 16.9 Å². The van der Waals surface area contributed by atoms with Crippen LogP contribution in [0.2, 0.25) is 0 Å². The maximum Gasteiger partial charge on any atom is 0.339 e. The number of aromatic hydroxyl groups is 1. The molecule has 1 fully saturated rings. The molecule has 0 spiro atoms. The van der Waals surface area contributed by atoms with Gasteiger partial charge in [0.15, 0.2) is 0 Å². The van der Waals surface area contributed by atoms with Gasteiger partial charge in [-0.05, 0) is 78.5 Å². The highest BCUT2D eigenvalue weighted by Gasteiger charge is 2.34. The van der Waals surface area contributed by atoms with E-state index in [1.54, 1.807) is 6.07 Å². The van der Waals surface area contributed by atoms with Crippen LogP contribution in [0, 0.1) is 31.6 Å². The van der Waals surface area contributed by atoms with Crippen LogP contribution in [0.5, 0.6) is 5.75 Å². The SMILES string of the molecule is Cc1cc(C)c(-c2c(C(=O)O[C@H]3C[C@@H](C)CC[C@@H]3C(C)C)ccc3ccccc23)c(O)c1. The first-order valence-electron chi connectivity index (χ1n) is 11.8. The Morgan fingerprint density at radius 2 is 1.78 bits per heavy atom. The van der Waals surface area contributed by atoms with E-state index in [1.807, 2.05) is 56.3 Å². The van der Waals surface area contributed by atoms with E-state index in [4.69, 9.17) is 4.74 Å². The third-order valence-corrected chi connectivity index (χ3v) is 7.08. The standard InChI is InChI=1S/C29H34O3/c1-17(2)22-12-10-18(3)16-26(22)32-29(31)24-13-11-21-8-6-7-9-23(21)28(24)27-20(5)14-19(4)15-25(27)30/h6-9,11,13-15,17-18,22,26,30H,10,12,16H2,1-5H3/t18-,22+,26-/m0/s1. The first-order valence-corrected chi connectivity index (χ1v) is 11.8. The first kappa shape index (κ1) is 22.4. The minimum Gasteiger partial charge on any atom is -0.507 e. The largest absolute Gasteiger partial charge is 0.507 e. The number of hydrogen-bond acceptors (Lipinski definition) is 3. The van der Waals surface area contributed by atoms with E-state index in [0.29, 0.717) is 28.9 Å². The van der Waals surface area contributed by atoms with Crippen molar-refractivity contribution >= 4 is 16.7 Å². The number of phenolic OH excluding ortho intramolecular Hbond substituents is 1. The molecule has 1 aliphatic carbocycles. The highest BCUT2D eigenvalue weighted by molar-refractivity contribution is 6.09. The maximum absolute atomic E-state index is 13.6. The lowest BCUT2D eigenvalue weighted by Crippen LogP contribution is -2.36. The molecule has 1 aliphatic rings. The summed E-state index contributed by atoms with van der Waals surface area (Å²) in [6, 6.07) is 15.6. The van der Waals surface area contributed by atoms with Gasteiger partial charge in [0.05, 0.1) is 5.56 Å². The summed E-state index contributed by atoms with van der Waals surface area (Å²) in [5.74, 6) is 1.31. The molecule has 0 heterocycles. The van der Waals surface area contributed by atoms with Crippen LogP contribution < -0.4 is 0 Å². The minimum absolute atomic E-state index is 0.0710. The molecule has 3 aromatic rings. The lowest BCUT2D eigenvalue weighted by Gasteiger charge is -2.36. The molecule has 3 aromatic carbocycles. The number of carbonyl (C=O) groups is 1. The van der Waals surface area contributed by atoms with Crippen molar-refractivity contribution in [1.29, 1.82) is 0 Å². The summed E-state index contributed by atoms with van der Waals surface area (Å²) >= 11 is 0. The van der Waals surface area contributed by atoms with Crippen molar-refractivity contribution in [2.24, 2.45) is 17.8 Å². The van der Waals surface area contributed by atoms with Gasteiger partial charge < -0.3 is 9.84 Å². The Bertz CT molecular complexity index is 1120. The molecule has 0 unspecified atom stereocenters. The average Bonchev–Trinajstić information content (AvgIpc) is 2.73. The highest BCUT2D eigenvalue weighted by atomic mass is 16.5. The topological polar surface area (TPSA) is 46.5 Å². The van der Waals surface area contributed by atoms with E-state index in [-0.39, 0.29) is 17.8 Å². The molecular formula is C29H34O3. The van der Waals surface area contributed by atoms with Gasteiger partial charge in [-0.25, -0.2) is 4.79 Å². The van der Waals surface area contributed by atoms with Crippen LogP contribution in [-0.2, 0) is 4.74 Å². The van der Waals surface area contributed by atoms with E-state index in [2.05, 4.69) is 20.8 Å². The van der Waals surface area contributed by atoms with Gasteiger partial charge in [-0.3, -0.25) is 0 Å². The van der Waals surface area contributed by atoms with Crippen LogP contribution in [0.4, 0.5) is 0 Å². The van der Waals surface area contributed by atoms with Crippen molar-refractivity contribution in [1.82, 2.24) is 0 Å². The highest BCUT2D eigenvalue weighted by Crippen LogP contribution is 2.41. The lowest BCUT2D eigenvalue weighted by atomic mass is 9.75. The van der Waals surface area contributed by atoms with Gasteiger partial charge in [0.25, 0.3) is 0 Å². The molecule has 0 aromatic heterocycles. The van der Waals surface area contributed by atoms with Crippen molar-refractivity contribution < 1.29 is 14.6 Å². The Hall–Kier alpha value is -2.81. The number of esters is 1. The summed E-state index contributed by atoms with van der Waals surface area (Å²) in [5, 5.41) is 12.9. The number of aryl methyl sites for hydroxylation is 2. The molecule has 0 aliphatic heterocycles. The van der Waals surface area contributed by atoms with Crippen molar-refractivity contribution in [3.05, 3.63) is 65.2 Å². The molecule has 32 heavy (non-hydrogen) atoms. The Morgan fingerprint density at radius 1 is 1.03 bits per heavy atom. The quantitative estimate of drug-likeness (QED) is 0.437. The second-order valence-electron chi connectivity index (χ2n) is 9.96. The summed E-state index contributed by atoms with van der Waals surface area (Å²) in [6.07, 6.45) is 3.12. The maximum atomic E-state index is 13.6. The third-order valence-electron chi connectivity index (χ3n) is 7.08. The Morgan fingerprint density at radius 3 is 2.50 bits per heavy atom. The van der Waals surface area contributed by atoms with E-state index >= 15 is 0 Å². The normalized spacial score (nSPS) is 21.1. The molecule has 0 radical (unpaired) electrons. The zero-order valence-corrected chi connectivity index (χ0v) is 19.8. The third kappa shape index (κ3) is 4.26. The Balaban J connectivity index is 1.83. The van der Waals surface area contributed by atoms with Gasteiger partial charge in [-0.2, -0.15) is 0 Å². The molecule has 168 valence electrons.